The van der Waals surface area contributed by atoms with Crippen LogP contribution in [0.15, 0.2) is 12.7 Å². The Morgan fingerprint density at radius 1 is 1.58 bits per heavy atom. The first-order chi connectivity index (χ1) is 5.52. The van der Waals surface area contributed by atoms with E-state index in [1.165, 1.54) is 12.1 Å². The van der Waals surface area contributed by atoms with Crippen molar-refractivity contribution in [2.75, 3.05) is 13.1 Å². The first kappa shape index (κ1) is 11.0. The molecule has 0 aliphatic carbocycles. The molecule has 0 bridgehead atoms. The summed E-state index contributed by atoms with van der Waals surface area (Å²) in [7, 11) is 0. The van der Waals surface area contributed by atoms with E-state index in [2.05, 4.69) is 11.9 Å². The van der Waals surface area contributed by atoms with Gasteiger partial charge in [-0.1, -0.05) is 6.08 Å². The van der Waals surface area contributed by atoms with Gasteiger partial charge >= 0.3 is 6.18 Å². The van der Waals surface area contributed by atoms with Gasteiger partial charge in [0.05, 0.1) is 6.07 Å². The zero-order valence-corrected chi connectivity index (χ0v) is 6.36. The maximum atomic E-state index is 11.9. The fourth-order valence-corrected chi connectivity index (χ4v) is 0.564. The number of rotatable bonds is 4. The number of hydrogen-bond donors (Lipinski definition) is 1. The molecule has 0 aromatic carbocycles. The van der Waals surface area contributed by atoms with Gasteiger partial charge in [-0.25, -0.2) is 0 Å². The van der Waals surface area contributed by atoms with Gasteiger partial charge in [-0.15, -0.1) is 6.58 Å². The molecule has 0 heterocycles. The Balaban J connectivity index is 3.86. The van der Waals surface area contributed by atoms with E-state index in [9.17, 15) is 13.2 Å². The Bertz CT molecular complexity index is 180. The summed E-state index contributed by atoms with van der Waals surface area (Å²) in [5.74, 6) is -1.93. The molecule has 0 spiro atoms. The Labute approximate surface area is 68.7 Å². The zero-order valence-electron chi connectivity index (χ0n) is 6.36. The first-order valence-corrected chi connectivity index (χ1v) is 3.30. The van der Waals surface area contributed by atoms with E-state index in [1.54, 1.807) is 0 Å². The number of alkyl halides is 3. The van der Waals surface area contributed by atoms with Crippen molar-refractivity contribution in [3.63, 3.8) is 0 Å². The molecule has 0 rings (SSSR count). The van der Waals surface area contributed by atoms with E-state index >= 15 is 0 Å². The van der Waals surface area contributed by atoms with E-state index in [-0.39, 0.29) is 13.1 Å². The van der Waals surface area contributed by atoms with Crippen LogP contribution in [0.25, 0.3) is 0 Å². The second kappa shape index (κ2) is 4.78. The molecule has 0 aliphatic heterocycles. The van der Waals surface area contributed by atoms with Crippen LogP contribution in [0, 0.1) is 17.2 Å². The van der Waals surface area contributed by atoms with Crippen molar-refractivity contribution in [2.45, 2.75) is 6.18 Å². The van der Waals surface area contributed by atoms with Crippen LogP contribution in [-0.2, 0) is 0 Å². The van der Waals surface area contributed by atoms with Crippen molar-refractivity contribution in [1.82, 2.24) is 5.32 Å². The molecule has 2 nitrogen and oxygen atoms in total. The van der Waals surface area contributed by atoms with Gasteiger partial charge in [-0.05, 0) is 0 Å². The number of nitrogens with one attached hydrogen (secondary N) is 1. The largest absolute Gasteiger partial charge is 0.405 e. The van der Waals surface area contributed by atoms with Crippen LogP contribution >= 0.6 is 0 Å². The van der Waals surface area contributed by atoms with Crippen molar-refractivity contribution in [2.24, 2.45) is 5.92 Å². The minimum absolute atomic E-state index is 0.272. The molecule has 68 valence electrons. The Kier molecular flexibility index (Phi) is 4.37. The fraction of sp³-hybridized carbons (Fsp3) is 0.571. The second-order valence-electron chi connectivity index (χ2n) is 2.17. The van der Waals surface area contributed by atoms with Gasteiger partial charge in [0.2, 0.25) is 0 Å². The lowest BCUT2D eigenvalue weighted by Crippen LogP contribution is -2.32. The quantitative estimate of drug-likeness (QED) is 0.522. The van der Waals surface area contributed by atoms with Gasteiger partial charge in [-0.2, -0.15) is 18.4 Å². The molecule has 0 aliphatic rings. The topological polar surface area (TPSA) is 35.8 Å². The minimum atomic E-state index is -4.44. The molecule has 0 saturated heterocycles. The van der Waals surface area contributed by atoms with Crippen molar-refractivity contribution in [3.8, 4) is 6.07 Å². The third-order valence-electron chi connectivity index (χ3n) is 1.19. The predicted molar refractivity (Wildman–Crippen MR) is 38.2 cm³/mol. The smallest absolute Gasteiger partial charge is 0.312 e. The lowest BCUT2D eigenvalue weighted by molar-refractivity contribution is -0.157. The lowest BCUT2D eigenvalue weighted by atomic mass is 10.1. The van der Waals surface area contributed by atoms with E-state index in [4.69, 9.17) is 5.26 Å². The van der Waals surface area contributed by atoms with Crippen LogP contribution in [0.1, 0.15) is 0 Å². The highest BCUT2D eigenvalue weighted by molar-refractivity contribution is 4.90. The summed E-state index contributed by atoms with van der Waals surface area (Å²) in [6.07, 6.45) is -3.01. The van der Waals surface area contributed by atoms with Gasteiger partial charge < -0.3 is 5.32 Å². The fourth-order valence-electron chi connectivity index (χ4n) is 0.564. The summed E-state index contributed by atoms with van der Waals surface area (Å²) in [6, 6.07) is 1.18. The molecule has 1 unspecified atom stereocenters. The molecular formula is C7H9F3N2. The highest BCUT2D eigenvalue weighted by Gasteiger charge is 2.39. The van der Waals surface area contributed by atoms with Crippen LogP contribution in [0.4, 0.5) is 13.2 Å². The molecule has 5 heteroatoms. The normalized spacial score (nSPS) is 13.5. The van der Waals surface area contributed by atoms with Crippen LogP contribution in [0.5, 0.6) is 0 Å². The monoisotopic (exact) mass is 178 g/mol. The number of nitriles is 1. The molecule has 0 saturated carbocycles. The van der Waals surface area contributed by atoms with Crippen LogP contribution in [0.2, 0.25) is 0 Å². The van der Waals surface area contributed by atoms with Gasteiger partial charge in [0.1, 0.15) is 0 Å². The molecule has 0 aromatic heterocycles. The summed E-state index contributed by atoms with van der Waals surface area (Å²) in [5.41, 5.74) is 0. The van der Waals surface area contributed by atoms with Gasteiger partial charge in [0.15, 0.2) is 5.92 Å². The summed E-state index contributed by atoms with van der Waals surface area (Å²) in [6.45, 7) is 3.21. The van der Waals surface area contributed by atoms with Gasteiger partial charge in [0.25, 0.3) is 0 Å². The summed E-state index contributed by atoms with van der Waals surface area (Å²) in [5, 5.41) is 10.6. The van der Waals surface area contributed by atoms with Crippen molar-refractivity contribution < 1.29 is 13.2 Å². The molecule has 0 amide bonds. The molecule has 12 heavy (non-hydrogen) atoms. The number of nitrogens with zero attached hydrogens (tertiary/aromatic N) is 1. The minimum Gasteiger partial charge on any atom is -0.312 e. The Morgan fingerprint density at radius 2 is 2.17 bits per heavy atom. The first-order valence-electron chi connectivity index (χ1n) is 3.30. The third-order valence-corrected chi connectivity index (χ3v) is 1.19. The Morgan fingerprint density at radius 3 is 2.50 bits per heavy atom. The molecule has 0 fully saturated rings. The molecule has 0 aromatic rings. The van der Waals surface area contributed by atoms with E-state index in [0.717, 1.165) is 0 Å². The van der Waals surface area contributed by atoms with Crippen molar-refractivity contribution in [3.05, 3.63) is 12.7 Å². The maximum Gasteiger partial charge on any atom is 0.405 e. The number of hydrogen-bond acceptors (Lipinski definition) is 2. The molecule has 1 atom stereocenters. The summed E-state index contributed by atoms with van der Waals surface area (Å²) >= 11 is 0. The van der Waals surface area contributed by atoms with Crippen LogP contribution in [0.3, 0.4) is 0 Å². The standard InChI is InChI=1S/C7H9F3N2/c1-2-3-12-5-6(4-11)7(8,9)10/h2,6,12H,1,3,5H2. The van der Waals surface area contributed by atoms with E-state index in [1.807, 2.05) is 0 Å². The van der Waals surface area contributed by atoms with Gasteiger partial charge in [-0.3, -0.25) is 0 Å². The average molecular weight is 178 g/mol. The maximum absolute atomic E-state index is 11.9. The average Bonchev–Trinajstić information content (AvgIpc) is 1.95. The van der Waals surface area contributed by atoms with E-state index in [0.29, 0.717) is 0 Å². The predicted octanol–water partition coefficient (Wildman–Crippen LogP) is 1.46. The van der Waals surface area contributed by atoms with Crippen LogP contribution < -0.4 is 5.32 Å². The van der Waals surface area contributed by atoms with Crippen molar-refractivity contribution >= 4 is 0 Å². The lowest BCUT2D eigenvalue weighted by Gasteiger charge is -2.12. The summed E-state index contributed by atoms with van der Waals surface area (Å²) < 4.78 is 35.6. The van der Waals surface area contributed by atoms with Crippen LogP contribution in [-0.4, -0.2) is 19.3 Å². The SMILES string of the molecule is C=CCNCC(C#N)C(F)(F)F. The molecular weight excluding hydrogens is 169 g/mol. The highest BCUT2D eigenvalue weighted by Crippen LogP contribution is 2.24. The Hall–Kier alpha value is -1.02. The third kappa shape index (κ3) is 3.98. The van der Waals surface area contributed by atoms with Crippen molar-refractivity contribution in [1.29, 1.82) is 5.26 Å². The zero-order chi connectivity index (χ0) is 9.61. The number of halogens is 3. The molecule has 0 radical (unpaired) electrons. The summed E-state index contributed by atoms with van der Waals surface area (Å²) in [4.78, 5) is 0. The highest BCUT2D eigenvalue weighted by atomic mass is 19.4. The molecule has 1 N–H and O–H groups in total. The van der Waals surface area contributed by atoms with Gasteiger partial charge in [0, 0.05) is 13.1 Å². The van der Waals surface area contributed by atoms with E-state index < -0.39 is 12.1 Å². The second-order valence-corrected chi connectivity index (χ2v) is 2.17.